The maximum absolute atomic E-state index is 13.2. The van der Waals surface area contributed by atoms with Crippen LogP contribution in [0.3, 0.4) is 0 Å². The van der Waals surface area contributed by atoms with Gasteiger partial charge < -0.3 is 9.84 Å². The zero-order valence-corrected chi connectivity index (χ0v) is 20.8. The molecule has 0 radical (unpaired) electrons. The van der Waals surface area contributed by atoms with Gasteiger partial charge in [-0.05, 0) is 36.7 Å². The first-order valence-electron chi connectivity index (χ1n) is 11.9. The summed E-state index contributed by atoms with van der Waals surface area (Å²) in [5.74, 6) is -1.84. The van der Waals surface area contributed by atoms with Crippen LogP contribution in [-0.4, -0.2) is 61.7 Å². The van der Waals surface area contributed by atoms with Crippen LogP contribution < -0.4 is 15.9 Å². The van der Waals surface area contributed by atoms with Crippen molar-refractivity contribution in [2.75, 3.05) is 20.2 Å². The summed E-state index contributed by atoms with van der Waals surface area (Å²) < 4.78 is 53.0. The van der Waals surface area contributed by atoms with Crippen LogP contribution in [0.1, 0.15) is 23.4 Å². The van der Waals surface area contributed by atoms with Crippen LogP contribution >= 0.6 is 0 Å². The monoisotopic (exact) mass is 551 g/mol. The van der Waals surface area contributed by atoms with Crippen molar-refractivity contribution in [3.05, 3.63) is 86.1 Å². The molecule has 1 spiro atoms. The molecule has 39 heavy (non-hydrogen) atoms. The minimum absolute atomic E-state index is 0.115. The van der Waals surface area contributed by atoms with Crippen LogP contribution in [0, 0.1) is 11.2 Å². The normalized spacial score (nSPS) is 18.5. The first kappa shape index (κ1) is 28.0. The third kappa shape index (κ3) is 6.33. The molecule has 10 nitrogen and oxygen atoms in total. The van der Waals surface area contributed by atoms with E-state index in [4.69, 9.17) is 14.6 Å². The zero-order chi connectivity index (χ0) is 28.4. The van der Waals surface area contributed by atoms with Gasteiger partial charge in [-0.2, -0.15) is 18.3 Å². The molecule has 0 bridgehead atoms. The van der Waals surface area contributed by atoms with E-state index >= 15 is 0 Å². The highest BCUT2D eigenvalue weighted by molar-refractivity contribution is 5.73. The number of aliphatic carboxylic acids is 1. The third-order valence-corrected chi connectivity index (χ3v) is 6.68. The Morgan fingerprint density at radius 2 is 1.79 bits per heavy atom. The molecule has 2 aliphatic heterocycles. The molecule has 2 aromatic heterocycles. The number of rotatable bonds is 5. The standard InChI is InChI=1S/C23H24FN5O3.C2HF3O2/c1-32-20-17(3-2-9-25-20)13-27-10-8-23(14-27)11-19-26-29(22(31)21(30)28(19)15-23)12-16-4-6-18(24)7-5-16;3-2(4,5)1(6)7/h2-7,9H,8,10-15H2,1H3;(H,6,7). The number of nitrogens with zero attached hydrogens (tertiary/aromatic N) is 5. The summed E-state index contributed by atoms with van der Waals surface area (Å²) in [4.78, 5) is 41.0. The highest BCUT2D eigenvalue weighted by Crippen LogP contribution is 2.40. The SMILES string of the molecule is COc1ncccc1CN1CCC2(Cc3nn(Cc4ccc(F)cc4)c(=O)c(=O)n3C2)C1.O=C(O)C(F)(F)F. The lowest BCUT2D eigenvalue weighted by Crippen LogP contribution is -2.43. The zero-order valence-electron chi connectivity index (χ0n) is 20.8. The van der Waals surface area contributed by atoms with Gasteiger partial charge in [0.1, 0.15) is 11.6 Å². The smallest absolute Gasteiger partial charge is 0.481 e. The van der Waals surface area contributed by atoms with E-state index in [0.29, 0.717) is 24.7 Å². The minimum atomic E-state index is -5.08. The van der Waals surface area contributed by atoms with Gasteiger partial charge in [-0.15, -0.1) is 0 Å². The Balaban J connectivity index is 0.000000448. The summed E-state index contributed by atoms with van der Waals surface area (Å²) in [5.41, 5.74) is 0.439. The topological polar surface area (TPSA) is 120 Å². The fraction of sp³-hybridized carbons (Fsp3) is 0.400. The van der Waals surface area contributed by atoms with Crippen molar-refractivity contribution in [2.24, 2.45) is 5.41 Å². The van der Waals surface area contributed by atoms with Crippen molar-refractivity contribution in [3.63, 3.8) is 0 Å². The molecule has 1 unspecified atom stereocenters. The molecule has 2 aliphatic rings. The Kier molecular flexibility index (Phi) is 7.86. The van der Waals surface area contributed by atoms with Gasteiger partial charge in [-0.25, -0.2) is 18.9 Å². The molecule has 14 heteroatoms. The number of carbonyl (C=O) groups is 1. The van der Waals surface area contributed by atoms with Gasteiger partial charge in [-0.3, -0.25) is 19.1 Å². The van der Waals surface area contributed by atoms with Gasteiger partial charge in [0.25, 0.3) is 0 Å². The number of hydrogen-bond donors (Lipinski definition) is 1. The van der Waals surface area contributed by atoms with Gasteiger partial charge in [0, 0.05) is 43.2 Å². The summed E-state index contributed by atoms with van der Waals surface area (Å²) in [7, 11) is 1.62. The maximum Gasteiger partial charge on any atom is 0.490 e. The average molecular weight is 551 g/mol. The summed E-state index contributed by atoms with van der Waals surface area (Å²) in [5, 5.41) is 11.6. The fourth-order valence-electron chi connectivity index (χ4n) is 4.88. The number of aromatic nitrogens is 4. The number of fused-ring (bicyclic) bond motifs is 1. The van der Waals surface area contributed by atoms with Crippen LogP contribution in [0.4, 0.5) is 17.6 Å². The number of ether oxygens (including phenoxy) is 1. The molecule has 0 aliphatic carbocycles. The number of pyridine rings is 1. The van der Waals surface area contributed by atoms with Crippen molar-refractivity contribution >= 4 is 5.97 Å². The highest BCUT2D eigenvalue weighted by Gasteiger charge is 2.45. The maximum atomic E-state index is 13.2. The second-order valence-corrected chi connectivity index (χ2v) is 9.51. The quantitative estimate of drug-likeness (QED) is 0.378. The Morgan fingerprint density at radius 3 is 2.44 bits per heavy atom. The molecular formula is C25H25F4N5O5. The van der Waals surface area contributed by atoms with E-state index in [1.807, 2.05) is 12.1 Å². The summed E-state index contributed by atoms with van der Waals surface area (Å²) >= 11 is 0. The second-order valence-electron chi connectivity index (χ2n) is 9.51. The summed E-state index contributed by atoms with van der Waals surface area (Å²) in [6.07, 6.45) is -1.81. The summed E-state index contributed by atoms with van der Waals surface area (Å²) in [6.45, 7) is 3.05. The molecule has 0 amide bonds. The largest absolute Gasteiger partial charge is 0.490 e. The number of likely N-dealkylation sites (tertiary alicyclic amines) is 1. The Bertz CT molecular complexity index is 1470. The number of hydrogen-bond acceptors (Lipinski definition) is 7. The van der Waals surface area contributed by atoms with E-state index in [1.165, 1.54) is 21.4 Å². The van der Waals surface area contributed by atoms with Crippen LogP contribution in [0.5, 0.6) is 5.88 Å². The van der Waals surface area contributed by atoms with E-state index in [1.54, 1.807) is 25.4 Å². The Labute approximate surface area is 219 Å². The van der Waals surface area contributed by atoms with Gasteiger partial charge >= 0.3 is 23.3 Å². The van der Waals surface area contributed by atoms with Crippen LogP contribution in [0.2, 0.25) is 0 Å². The van der Waals surface area contributed by atoms with E-state index in [2.05, 4.69) is 15.0 Å². The predicted octanol–water partition coefficient (Wildman–Crippen LogP) is 2.08. The predicted molar refractivity (Wildman–Crippen MR) is 129 cm³/mol. The van der Waals surface area contributed by atoms with Crippen molar-refractivity contribution < 1.29 is 32.2 Å². The number of benzene rings is 1. The molecule has 1 fully saturated rings. The molecule has 3 aromatic rings. The number of carboxylic acid groups (broad SMARTS) is 1. The Hall–Kier alpha value is -4.07. The van der Waals surface area contributed by atoms with E-state index in [0.717, 1.165) is 37.2 Å². The number of halogens is 4. The fourth-order valence-corrected chi connectivity index (χ4v) is 4.88. The summed E-state index contributed by atoms with van der Waals surface area (Å²) in [6, 6.07) is 9.76. The first-order valence-corrected chi connectivity index (χ1v) is 11.9. The van der Waals surface area contributed by atoms with Gasteiger partial charge in [0.15, 0.2) is 0 Å². The molecule has 5 rings (SSSR count). The molecule has 208 valence electrons. The van der Waals surface area contributed by atoms with Crippen molar-refractivity contribution in [2.45, 2.75) is 38.7 Å². The van der Waals surface area contributed by atoms with Crippen LogP contribution in [0.25, 0.3) is 0 Å². The lowest BCUT2D eigenvalue weighted by Gasteiger charge is -2.23. The molecule has 1 atom stereocenters. The van der Waals surface area contributed by atoms with Crippen molar-refractivity contribution in [1.29, 1.82) is 0 Å². The van der Waals surface area contributed by atoms with E-state index < -0.39 is 23.3 Å². The van der Waals surface area contributed by atoms with Crippen molar-refractivity contribution in [3.8, 4) is 5.88 Å². The molecule has 0 saturated carbocycles. The first-order chi connectivity index (χ1) is 18.4. The van der Waals surface area contributed by atoms with Gasteiger partial charge in [0.05, 0.1) is 13.7 Å². The van der Waals surface area contributed by atoms with E-state index in [-0.39, 0.29) is 17.8 Å². The minimum Gasteiger partial charge on any atom is -0.481 e. The van der Waals surface area contributed by atoms with Gasteiger partial charge in [-0.1, -0.05) is 18.2 Å². The van der Waals surface area contributed by atoms with Crippen molar-refractivity contribution in [1.82, 2.24) is 24.2 Å². The van der Waals surface area contributed by atoms with Crippen LogP contribution in [0.15, 0.2) is 52.2 Å². The lowest BCUT2D eigenvalue weighted by molar-refractivity contribution is -0.192. The van der Waals surface area contributed by atoms with E-state index in [9.17, 15) is 27.2 Å². The van der Waals surface area contributed by atoms with Crippen LogP contribution in [-0.2, 0) is 30.8 Å². The number of carboxylic acids is 1. The second kappa shape index (κ2) is 11.0. The number of methoxy groups -OCH3 is 1. The average Bonchev–Trinajstić information content (AvgIpc) is 3.46. The number of alkyl halides is 3. The molecule has 1 aromatic carbocycles. The molecular weight excluding hydrogens is 526 g/mol. The molecule has 1 saturated heterocycles. The Morgan fingerprint density at radius 1 is 1.10 bits per heavy atom. The third-order valence-electron chi connectivity index (χ3n) is 6.68. The molecule has 4 heterocycles. The van der Waals surface area contributed by atoms with Gasteiger partial charge in [0.2, 0.25) is 5.88 Å². The molecule has 1 N–H and O–H groups in total. The lowest BCUT2D eigenvalue weighted by atomic mass is 9.86. The highest BCUT2D eigenvalue weighted by atomic mass is 19.4.